The lowest BCUT2D eigenvalue weighted by Gasteiger charge is -2.21. The van der Waals surface area contributed by atoms with E-state index in [0.29, 0.717) is 5.69 Å². The van der Waals surface area contributed by atoms with Crippen LogP contribution in [-0.2, 0) is 10.9 Å². The number of rotatable bonds is 3. The molecule has 0 bridgehead atoms. The van der Waals surface area contributed by atoms with Gasteiger partial charge in [0.25, 0.3) is 0 Å². The van der Waals surface area contributed by atoms with E-state index in [2.05, 4.69) is 5.32 Å². The molecule has 2 rings (SSSR count). The number of anilines is 1. The van der Waals surface area contributed by atoms with Gasteiger partial charge in [0.05, 0.1) is 17.7 Å². The number of ether oxygens (including phenoxy) is 1. The topological polar surface area (TPSA) is 21.3 Å². The Morgan fingerprint density at radius 2 is 1.83 bits per heavy atom. The van der Waals surface area contributed by atoms with Gasteiger partial charge in [-0.2, -0.15) is 13.2 Å². The summed E-state index contributed by atoms with van der Waals surface area (Å²) in [6.45, 7) is 0. The van der Waals surface area contributed by atoms with E-state index in [-0.39, 0.29) is 12.1 Å². The van der Waals surface area contributed by atoms with Crippen molar-refractivity contribution in [3.8, 4) is 0 Å². The van der Waals surface area contributed by atoms with Crippen molar-refractivity contribution in [1.29, 1.82) is 0 Å². The number of nitrogens with one attached hydrogen (secondary N) is 1. The Hall–Kier alpha value is -1.23. The zero-order valence-corrected chi connectivity index (χ0v) is 10.1. The second-order valence-electron chi connectivity index (χ2n) is 4.53. The van der Waals surface area contributed by atoms with E-state index in [0.717, 1.165) is 31.4 Å². The highest BCUT2D eigenvalue weighted by atomic mass is 19.4. The molecule has 100 valence electrons. The Labute approximate surface area is 104 Å². The van der Waals surface area contributed by atoms with Crippen LogP contribution < -0.4 is 5.32 Å². The highest BCUT2D eigenvalue weighted by Crippen LogP contribution is 2.31. The van der Waals surface area contributed by atoms with Gasteiger partial charge in [-0.25, -0.2) is 0 Å². The molecule has 1 fully saturated rings. The van der Waals surface area contributed by atoms with Crippen LogP contribution >= 0.6 is 0 Å². The van der Waals surface area contributed by atoms with Crippen molar-refractivity contribution in [2.45, 2.75) is 37.6 Å². The Bertz CT molecular complexity index is 388. The molecule has 0 saturated heterocycles. The van der Waals surface area contributed by atoms with Crippen molar-refractivity contribution in [2.24, 2.45) is 0 Å². The van der Waals surface area contributed by atoms with Crippen LogP contribution in [0, 0.1) is 0 Å². The van der Waals surface area contributed by atoms with E-state index in [1.165, 1.54) is 12.1 Å². The average molecular weight is 259 g/mol. The standard InChI is InChI=1S/C13H16F3NO/c1-18-12-4-2-3-11(12)17-10-7-5-9(6-8-10)13(14,15)16/h5-8,11-12,17H,2-4H2,1H3. The SMILES string of the molecule is COC1CCCC1Nc1ccc(C(F)(F)F)cc1. The molecule has 1 aromatic carbocycles. The average Bonchev–Trinajstić information content (AvgIpc) is 2.76. The molecule has 1 aliphatic carbocycles. The number of alkyl halides is 3. The molecular formula is C13H16F3NO. The second kappa shape index (κ2) is 5.18. The van der Waals surface area contributed by atoms with Gasteiger partial charge in [0.1, 0.15) is 0 Å². The third-order valence-electron chi connectivity index (χ3n) is 3.32. The predicted molar refractivity (Wildman–Crippen MR) is 63.5 cm³/mol. The zero-order chi connectivity index (χ0) is 13.2. The number of hydrogen-bond donors (Lipinski definition) is 1. The molecule has 0 spiro atoms. The maximum atomic E-state index is 12.4. The fraction of sp³-hybridized carbons (Fsp3) is 0.538. The van der Waals surface area contributed by atoms with Gasteiger partial charge in [-0.1, -0.05) is 0 Å². The maximum Gasteiger partial charge on any atom is 0.416 e. The highest BCUT2D eigenvalue weighted by molar-refractivity contribution is 5.46. The minimum Gasteiger partial charge on any atom is -0.380 e. The molecule has 0 radical (unpaired) electrons. The summed E-state index contributed by atoms with van der Waals surface area (Å²) in [5.74, 6) is 0. The van der Waals surface area contributed by atoms with Gasteiger partial charge in [-0.3, -0.25) is 0 Å². The number of hydrogen-bond acceptors (Lipinski definition) is 2. The first kappa shape index (κ1) is 13.2. The van der Waals surface area contributed by atoms with Crippen molar-refractivity contribution < 1.29 is 17.9 Å². The van der Waals surface area contributed by atoms with Crippen molar-refractivity contribution in [3.05, 3.63) is 29.8 Å². The number of benzene rings is 1. The van der Waals surface area contributed by atoms with Gasteiger partial charge >= 0.3 is 6.18 Å². The van der Waals surface area contributed by atoms with Gasteiger partial charge in [-0.15, -0.1) is 0 Å². The first-order chi connectivity index (χ1) is 8.50. The highest BCUT2D eigenvalue weighted by Gasteiger charge is 2.30. The van der Waals surface area contributed by atoms with Crippen LogP contribution in [0.2, 0.25) is 0 Å². The number of methoxy groups -OCH3 is 1. The third-order valence-corrected chi connectivity index (χ3v) is 3.32. The van der Waals surface area contributed by atoms with Crippen LogP contribution in [-0.4, -0.2) is 19.3 Å². The summed E-state index contributed by atoms with van der Waals surface area (Å²) in [6.07, 6.45) is -1.07. The van der Waals surface area contributed by atoms with E-state index in [9.17, 15) is 13.2 Å². The third kappa shape index (κ3) is 2.96. The molecule has 1 N–H and O–H groups in total. The molecule has 1 aromatic rings. The molecule has 0 aliphatic heterocycles. The first-order valence-electron chi connectivity index (χ1n) is 5.97. The lowest BCUT2D eigenvalue weighted by atomic mass is 10.1. The summed E-state index contributed by atoms with van der Waals surface area (Å²) >= 11 is 0. The molecule has 2 nitrogen and oxygen atoms in total. The summed E-state index contributed by atoms with van der Waals surface area (Å²) in [5, 5.41) is 3.23. The van der Waals surface area contributed by atoms with Gasteiger partial charge in [0, 0.05) is 12.8 Å². The van der Waals surface area contributed by atoms with Gasteiger partial charge in [0.2, 0.25) is 0 Å². The quantitative estimate of drug-likeness (QED) is 0.894. The Balaban J connectivity index is 2.02. The molecule has 1 saturated carbocycles. The molecule has 2 atom stereocenters. The summed E-state index contributed by atoms with van der Waals surface area (Å²) in [4.78, 5) is 0. The minimum absolute atomic E-state index is 0.146. The molecule has 0 heterocycles. The summed E-state index contributed by atoms with van der Waals surface area (Å²) < 4.78 is 42.5. The maximum absolute atomic E-state index is 12.4. The molecule has 0 aromatic heterocycles. The lowest BCUT2D eigenvalue weighted by Crippen LogP contribution is -2.29. The minimum atomic E-state index is -4.28. The van der Waals surface area contributed by atoms with Crippen LogP contribution in [0.4, 0.5) is 18.9 Å². The number of halogens is 3. The van der Waals surface area contributed by atoms with E-state index in [4.69, 9.17) is 4.74 Å². The molecule has 0 amide bonds. The van der Waals surface area contributed by atoms with Crippen LogP contribution in [0.1, 0.15) is 24.8 Å². The molecule has 1 aliphatic rings. The van der Waals surface area contributed by atoms with E-state index in [1.807, 2.05) is 0 Å². The van der Waals surface area contributed by atoms with Crippen LogP contribution in [0.3, 0.4) is 0 Å². The Morgan fingerprint density at radius 3 is 2.39 bits per heavy atom. The molecular weight excluding hydrogens is 243 g/mol. The first-order valence-corrected chi connectivity index (χ1v) is 5.97. The normalized spacial score (nSPS) is 24.2. The zero-order valence-electron chi connectivity index (χ0n) is 10.1. The van der Waals surface area contributed by atoms with E-state index >= 15 is 0 Å². The molecule has 18 heavy (non-hydrogen) atoms. The monoisotopic (exact) mass is 259 g/mol. The molecule has 5 heteroatoms. The van der Waals surface area contributed by atoms with E-state index in [1.54, 1.807) is 7.11 Å². The van der Waals surface area contributed by atoms with Crippen molar-refractivity contribution in [1.82, 2.24) is 0 Å². The fourth-order valence-corrected chi connectivity index (χ4v) is 2.34. The Morgan fingerprint density at radius 1 is 1.17 bits per heavy atom. The van der Waals surface area contributed by atoms with Gasteiger partial charge in [-0.05, 0) is 43.5 Å². The van der Waals surface area contributed by atoms with Crippen molar-refractivity contribution in [2.75, 3.05) is 12.4 Å². The summed E-state index contributed by atoms with van der Waals surface area (Å²) in [6, 6.07) is 5.31. The lowest BCUT2D eigenvalue weighted by molar-refractivity contribution is -0.137. The van der Waals surface area contributed by atoms with Crippen LogP contribution in [0.25, 0.3) is 0 Å². The van der Waals surface area contributed by atoms with Crippen LogP contribution in [0.15, 0.2) is 24.3 Å². The summed E-state index contributed by atoms with van der Waals surface area (Å²) in [5.41, 5.74) is 0.0831. The Kier molecular flexibility index (Phi) is 3.80. The van der Waals surface area contributed by atoms with Crippen molar-refractivity contribution in [3.63, 3.8) is 0 Å². The van der Waals surface area contributed by atoms with Gasteiger partial charge < -0.3 is 10.1 Å². The predicted octanol–water partition coefficient (Wildman–Crippen LogP) is 3.68. The fourth-order valence-electron chi connectivity index (χ4n) is 2.34. The summed E-state index contributed by atoms with van der Waals surface area (Å²) in [7, 11) is 1.66. The van der Waals surface area contributed by atoms with Crippen molar-refractivity contribution >= 4 is 5.69 Å². The van der Waals surface area contributed by atoms with E-state index < -0.39 is 11.7 Å². The second-order valence-corrected chi connectivity index (χ2v) is 4.53. The van der Waals surface area contributed by atoms with Crippen LogP contribution in [0.5, 0.6) is 0 Å². The largest absolute Gasteiger partial charge is 0.416 e. The molecule has 2 unspecified atom stereocenters. The smallest absolute Gasteiger partial charge is 0.380 e. The van der Waals surface area contributed by atoms with Gasteiger partial charge in [0.15, 0.2) is 0 Å².